The van der Waals surface area contributed by atoms with Crippen LogP contribution in [-0.2, 0) is 11.8 Å². The van der Waals surface area contributed by atoms with Gasteiger partial charge in [0.05, 0.1) is 5.56 Å². The second-order valence-corrected chi connectivity index (χ2v) is 6.75. The number of carbonyl (C=O) groups excluding carboxylic acids is 2. The average Bonchev–Trinajstić information content (AvgIpc) is 3.26. The van der Waals surface area contributed by atoms with E-state index in [9.17, 15) is 9.59 Å². The van der Waals surface area contributed by atoms with Crippen LogP contribution in [0.3, 0.4) is 0 Å². The third-order valence-electron chi connectivity index (χ3n) is 4.42. The van der Waals surface area contributed by atoms with Crippen LogP contribution in [0.25, 0.3) is 0 Å². The number of carbonyl (C=O) groups is 2. The van der Waals surface area contributed by atoms with Gasteiger partial charge in [0, 0.05) is 44.8 Å². The molecule has 2 aromatic heterocycles. The van der Waals surface area contributed by atoms with E-state index in [-0.39, 0.29) is 11.8 Å². The second-order valence-electron chi connectivity index (χ2n) is 5.97. The summed E-state index contributed by atoms with van der Waals surface area (Å²) in [6, 6.07) is 3.67. The van der Waals surface area contributed by atoms with Crippen LogP contribution in [0.1, 0.15) is 23.2 Å². The maximum Gasteiger partial charge on any atom is 0.254 e. The van der Waals surface area contributed by atoms with E-state index < -0.39 is 5.54 Å². The lowest BCUT2D eigenvalue weighted by atomic mass is 9.86. The van der Waals surface area contributed by atoms with Crippen molar-refractivity contribution in [1.82, 2.24) is 20.0 Å². The van der Waals surface area contributed by atoms with Crippen LogP contribution in [0.2, 0.25) is 0 Å². The summed E-state index contributed by atoms with van der Waals surface area (Å²) in [5.74, 6) is 0.620. The van der Waals surface area contributed by atoms with E-state index in [1.54, 1.807) is 11.7 Å². The summed E-state index contributed by atoms with van der Waals surface area (Å²) in [5.41, 5.74) is -0.0285. The van der Waals surface area contributed by atoms with Crippen LogP contribution < -0.4 is 10.6 Å². The Morgan fingerprint density at radius 1 is 1.29 bits per heavy atom. The normalized spacial score (nSPS) is 16.7. The lowest BCUT2D eigenvalue weighted by Gasteiger charge is -2.40. The van der Waals surface area contributed by atoms with E-state index in [0.29, 0.717) is 37.3 Å². The number of likely N-dealkylation sites (tertiary alicyclic amines) is 1. The van der Waals surface area contributed by atoms with E-state index >= 15 is 0 Å². The Morgan fingerprint density at radius 2 is 2.04 bits per heavy atom. The fourth-order valence-corrected chi connectivity index (χ4v) is 3.66. The Balaban J connectivity index is 1.73. The topological polar surface area (TPSA) is 79.3 Å². The molecule has 3 rings (SSSR count). The molecule has 0 radical (unpaired) electrons. The molecule has 2 amide bonds. The molecule has 3 heterocycles. The Kier molecular flexibility index (Phi) is 4.57. The molecule has 128 valence electrons. The lowest BCUT2D eigenvalue weighted by Crippen LogP contribution is -2.58. The molecule has 1 saturated heterocycles. The zero-order chi connectivity index (χ0) is 17.2. The highest BCUT2D eigenvalue weighted by Crippen LogP contribution is 2.28. The molecule has 2 N–H and O–H groups in total. The van der Waals surface area contributed by atoms with E-state index in [0.717, 1.165) is 0 Å². The van der Waals surface area contributed by atoms with Crippen LogP contribution >= 0.6 is 11.3 Å². The maximum atomic E-state index is 12.5. The minimum absolute atomic E-state index is 0.0274. The molecule has 7 nitrogen and oxygen atoms in total. The van der Waals surface area contributed by atoms with Crippen LogP contribution in [0.4, 0.5) is 5.82 Å². The van der Waals surface area contributed by atoms with E-state index in [4.69, 9.17) is 0 Å². The second kappa shape index (κ2) is 6.64. The summed E-state index contributed by atoms with van der Waals surface area (Å²) < 4.78 is 1.69. The molecule has 0 aromatic carbocycles. The van der Waals surface area contributed by atoms with Gasteiger partial charge < -0.3 is 15.5 Å². The Bertz CT molecular complexity index is 717. The molecular formula is C16H21N5O2S. The Hall–Kier alpha value is -2.35. The molecule has 0 aliphatic carbocycles. The van der Waals surface area contributed by atoms with E-state index in [2.05, 4.69) is 15.7 Å². The molecule has 2 aromatic rings. The number of nitrogens with one attached hydrogen (secondary N) is 2. The van der Waals surface area contributed by atoms with Gasteiger partial charge in [-0.3, -0.25) is 14.3 Å². The fraction of sp³-hybridized carbons (Fsp3) is 0.438. The zero-order valence-corrected chi connectivity index (χ0v) is 14.6. The number of rotatable bonds is 4. The fourth-order valence-electron chi connectivity index (χ4n) is 3.04. The van der Waals surface area contributed by atoms with Gasteiger partial charge in [0.1, 0.15) is 11.4 Å². The number of amides is 2. The van der Waals surface area contributed by atoms with Gasteiger partial charge in [-0.15, -0.1) is 0 Å². The van der Waals surface area contributed by atoms with Crippen molar-refractivity contribution in [3.05, 3.63) is 34.7 Å². The highest BCUT2D eigenvalue weighted by molar-refractivity contribution is 7.08. The summed E-state index contributed by atoms with van der Waals surface area (Å²) in [5, 5.41) is 14.1. The SMILES string of the molecule is CNC(=O)C1(Nc2ccn(C)n2)CCN(C(=O)c2ccsc2)CC1. The van der Waals surface area contributed by atoms with Crippen LogP contribution in [-0.4, -0.2) is 52.2 Å². The van der Waals surface area contributed by atoms with Crippen LogP contribution in [0, 0.1) is 0 Å². The van der Waals surface area contributed by atoms with Gasteiger partial charge >= 0.3 is 0 Å². The predicted molar refractivity (Wildman–Crippen MR) is 93.1 cm³/mol. The third-order valence-corrected chi connectivity index (χ3v) is 5.10. The van der Waals surface area contributed by atoms with Gasteiger partial charge in [-0.05, 0) is 24.3 Å². The van der Waals surface area contributed by atoms with Gasteiger partial charge in [0.25, 0.3) is 5.91 Å². The molecule has 24 heavy (non-hydrogen) atoms. The first-order valence-corrected chi connectivity index (χ1v) is 8.80. The van der Waals surface area contributed by atoms with Crippen molar-refractivity contribution in [2.75, 3.05) is 25.5 Å². The van der Waals surface area contributed by atoms with Crippen molar-refractivity contribution < 1.29 is 9.59 Å². The standard InChI is InChI=1S/C16H21N5O2S/c1-17-15(23)16(18-13-3-7-20(2)19-13)5-8-21(9-6-16)14(22)12-4-10-24-11-12/h3-4,7,10-11H,5-6,8-9H2,1-2H3,(H,17,23)(H,18,19). The van der Waals surface area contributed by atoms with Crippen molar-refractivity contribution in [1.29, 1.82) is 0 Å². The number of aryl methyl sites for hydroxylation is 1. The van der Waals surface area contributed by atoms with Crippen molar-refractivity contribution in [2.24, 2.45) is 7.05 Å². The largest absolute Gasteiger partial charge is 0.357 e. The minimum atomic E-state index is -0.742. The van der Waals surface area contributed by atoms with Gasteiger partial charge in [0.2, 0.25) is 5.91 Å². The Morgan fingerprint density at radius 3 is 2.58 bits per heavy atom. The average molecular weight is 347 g/mol. The van der Waals surface area contributed by atoms with E-state index in [1.807, 2.05) is 41.0 Å². The first kappa shape index (κ1) is 16.5. The zero-order valence-electron chi connectivity index (χ0n) is 13.8. The van der Waals surface area contributed by atoms with Crippen molar-refractivity contribution in [3.8, 4) is 0 Å². The quantitative estimate of drug-likeness (QED) is 0.874. The molecule has 0 spiro atoms. The third kappa shape index (κ3) is 3.14. The van der Waals surface area contributed by atoms with Gasteiger partial charge in [0.15, 0.2) is 0 Å². The molecule has 0 atom stereocenters. The summed E-state index contributed by atoms with van der Waals surface area (Å²) in [7, 11) is 3.47. The van der Waals surface area contributed by atoms with Crippen LogP contribution in [0.15, 0.2) is 29.1 Å². The number of anilines is 1. The maximum absolute atomic E-state index is 12.5. The van der Waals surface area contributed by atoms with Crippen molar-refractivity contribution in [3.63, 3.8) is 0 Å². The Labute approximate surface area is 144 Å². The van der Waals surface area contributed by atoms with Gasteiger partial charge in [-0.2, -0.15) is 16.4 Å². The molecule has 0 saturated carbocycles. The number of nitrogens with zero attached hydrogens (tertiary/aromatic N) is 3. The molecular weight excluding hydrogens is 326 g/mol. The first-order chi connectivity index (χ1) is 11.5. The number of hydrogen-bond acceptors (Lipinski definition) is 5. The van der Waals surface area contributed by atoms with Crippen molar-refractivity contribution in [2.45, 2.75) is 18.4 Å². The predicted octanol–water partition coefficient (Wildman–Crippen LogP) is 1.31. The first-order valence-electron chi connectivity index (χ1n) is 7.85. The number of likely N-dealkylation sites (N-methyl/N-ethyl adjacent to an activating group) is 1. The molecule has 1 fully saturated rings. The monoisotopic (exact) mass is 347 g/mol. The summed E-state index contributed by atoms with van der Waals surface area (Å²) >= 11 is 1.51. The van der Waals surface area contributed by atoms with Gasteiger partial charge in [-0.25, -0.2) is 0 Å². The van der Waals surface area contributed by atoms with Crippen molar-refractivity contribution >= 4 is 29.0 Å². The minimum Gasteiger partial charge on any atom is -0.357 e. The highest BCUT2D eigenvalue weighted by atomic mass is 32.1. The lowest BCUT2D eigenvalue weighted by molar-refractivity contribution is -0.126. The molecule has 0 bridgehead atoms. The van der Waals surface area contributed by atoms with E-state index in [1.165, 1.54) is 11.3 Å². The summed E-state index contributed by atoms with van der Waals surface area (Å²) in [6.45, 7) is 1.06. The molecule has 0 unspecified atom stereocenters. The molecule has 1 aliphatic heterocycles. The number of aromatic nitrogens is 2. The highest BCUT2D eigenvalue weighted by Gasteiger charge is 2.42. The van der Waals surface area contributed by atoms with Crippen LogP contribution in [0.5, 0.6) is 0 Å². The molecule has 1 aliphatic rings. The number of hydrogen-bond donors (Lipinski definition) is 2. The molecule has 8 heteroatoms. The van der Waals surface area contributed by atoms with Gasteiger partial charge in [-0.1, -0.05) is 0 Å². The number of piperidine rings is 1. The summed E-state index contributed by atoms with van der Waals surface area (Å²) in [4.78, 5) is 26.8. The smallest absolute Gasteiger partial charge is 0.254 e. The number of thiophene rings is 1. The summed E-state index contributed by atoms with van der Waals surface area (Å²) in [6.07, 6.45) is 2.91.